The molecule has 3 aromatic carbocycles. The SMILES string of the molecule is COC(=O)N(C1c2ccccc2-c2ccccc21)[C@@H]1Cc2ccc(cc2)OCC=CCOC[C@H](C(C)C)NC1=O. The first-order chi connectivity index (χ1) is 19.5. The zero-order chi connectivity index (χ0) is 28.1. The molecule has 3 aromatic rings. The van der Waals surface area contributed by atoms with Gasteiger partial charge in [0.05, 0.1) is 32.4 Å². The summed E-state index contributed by atoms with van der Waals surface area (Å²) >= 11 is 0. The number of amides is 2. The van der Waals surface area contributed by atoms with Crippen molar-refractivity contribution in [1.29, 1.82) is 0 Å². The van der Waals surface area contributed by atoms with Crippen LogP contribution in [0.2, 0.25) is 0 Å². The first kappa shape index (κ1) is 27.5. The Hall–Kier alpha value is -4.10. The number of benzene rings is 3. The van der Waals surface area contributed by atoms with E-state index in [1.165, 1.54) is 7.11 Å². The van der Waals surface area contributed by atoms with Gasteiger partial charge in [0.2, 0.25) is 5.91 Å². The molecule has 1 aliphatic carbocycles. The summed E-state index contributed by atoms with van der Waals surface area (Å²) in [7, 11) is 1.36. The number of nitrogens with one attached hydrogen (secondary N) is 1. The first-order valence-corrected chi connectivity index (χ1v) is 13.8. The van der Waals surface area contributed by atoms with Gasteiger partial charge in [-0.15, -0.1) is 0 Å². The fourth-order valence-corrected chi connectivity index (χ4v) is 5.43. The molecule has 208 valence electrons. The molecule has 0 saturated carbocycles. The van der Waals surface area contributed by atoms with Gasteiger partial charge in [0.25, 0.3) is 0 Å². The van der Waals surface area contributed by atoms with Crippen LogP contribution in [0.3, 0.4) is 0 Å². The fourth-order valence-electron chi connectivity index (χ4n) is 5.43. The van der Waals surface area contributed by atoms with E-state index in [2.05, 4.69) is 17.4 Å². The second kappa shape index (κ2) is 12.4. The molecular weight excluding hydrogens is 504 g/mol. The van der Waals surface area contributed by atoms with Crippen LogP contribution in [0.15, 0.2) is 84.9 Å². The Bertz CT molecular complexity index is 1320. The van der Waals surface area contributed by atoms with E-state index < -0.39 is 18.2 Å². The Morgan fingerprint density at radius 1 is 0.925 bits per heavy atom. The van der Waals surface area contributed by atoms with Gasteiger partial charge in [-0.25, -0.2) is 4.79 Å². The van der Waals surface area contributed by atoms with Crippen molar-refractivity contribution >= 4 is 12.0 Å². The number of carbonyl (C=O) groups excluding carboxylic acids is 2. The maximum atomic E-state index is 14.2. The van der Waals surface area contributed by atoms with Crippen molar-refractivity contribution < 1.29 is 23.8 Å². The van der Waals surface area contributed by atoms with Crippen LogP contribution in [0.4, 0.5) is 4.79 Å². The number of carbonyl (C=O) groups is 2. The quantitative estimate of drug-likeness (QED) is 0.442. The highest BCUT2D eigenvalue weighted by Crippen LogP contribution is 2.47. The second-order valence-electron chi connectivity index (χ2n) is 10.5. The van der Waals surface area contributed by atoms with Gasteiger partial charge >= 0.3 is 6.09 Å². The first-order valence-electron chi connectivity index (χ1n) is 13.8. The van der Waals surface area contributed by atoms with E-state index in [4.69, 9.17) is 14.2 Å². The summed E-state index contributed by atoms with van der Waals surface area (Å²) in [6.07, 6.45) is 3.57. The predicted molar refractivity (Wildman–Crippen MR) is 154 cm³/mol. The van der Waals surface area contributed by atoms with Crippen LogP contribution in [0.1, 0.15) is 36.6 Å². The van der Waals surface area contributed by atoms with Crippen molar-refractivity contribution in [3.63, 3.8) is 0 Å². The normalized spacial score (nSPS) is 19.4. The lowest BCUT2D eigenvalue weighted by molar-refractivity contribution is -0.128. The average Bonchev–Trinajstić information content (AvgIpc) is 3.29. The van der Waals surface area contributed by atoms with Crippen molar-refractivity contribution in [1.82, 2.24) is 10.2 Å². The van der Waals surface area contributed by atoms with Crippen molar-refractivity contribution in [3.8, 4) is 16.9 Å². The molecule has 0 aromatic heterocycles. The van der Waals surface area contributed by atoms with E-state index in [0.717, 1.165) is 33.6 Å². The fraction of sp³-hybridized carbons (Fsp3) is 0.333. The van der Waals surface area contributed by atoms with Gasteiger partial charge in [-0.3, -0.25) is 9.69 Å². The average molecular weight is 541 g/mol. The molecule has 2 bridgehead atoms. The number of rotatable bonds is 3. The minimum Gasteiger partial charge on any atom is -0.490 e. The van der Waals surface area contributed by atoms with Gasteiger partial charge in [-0.2, -0.15) is 0 Å². The zero-order valence-electron chi connectivity index (χ0n) is 23.2. The highest BCUT2D eigenvalue weighted by atomic mass is 16.5. The molecule has 2 heterocycles. The Morgan fingerprint density at radius 3 is 2.17 bits per heavy atom. The molecule has 3 aliphatic rings. The second-order valence-corrected chi connectivity index (χ2v) is 10.5. The van der Waals surface area contributed by atoms with E-state index in [9.17, 15) is 9.59 Å². The predicted octanol–water partition coefficient (Wildman–Crippen LogP) is 5.54. The van der Waals surface area contributed by atoms with E-state index >= 15 is 0 Å². The molecular formula is C33H36N2O5. The van der Waals surface area contributed by atoms with Crippen molar-refractivity contribution in [2.45, 2.75) is 38.4 Å². The molecule has 2 amide bonds. The Kier molecular flexibility index (Phi) is 8.51. The lowest BCUT2D eigenvalue weighted by atomic mass is 9.96. The van der Waals surface area contributed by atoms with Crippen molar-refractivity contribution in [2.24, 2.45) is 5.92 Å². The molecule has 7 nitrogen and oxygen atoms in total. The molecule has 0 saturated heterocycles. The monoisotopic (exact) mass is 540 g/mol. The van der Waals surface area contributed by atoms with Gasteiger partial charge in [0, 0.05) is 6.42 Å². The summed E-state index contributed by atoms with van der Waals surface area (Å²) in [4.78, 5) is 29.5. The molecule has 0 fully saturated rings. The molecule has 2 aliphatic heterocycles. The summed E-state index contributed by atoms with van der Waals surface area (Å²) in [5.41, 5.74) is 4.94. The number of fused-ring (bicyclic) bond motifs is 15. The van der Waals surface area contributed by atoms with Crippen molar-refractivity contribution in [3.05, 3.63) is 102 Å². The number of nitrogens with zero attached hydrogens (tertiary/aromatic N) is 1. The molecule has 1 N–H and O–H groups in total. The van der Waals surface area contributed by atoms with Crippen LogP contribution in [-0.2, 0) is 20.7 Å². The summed E-state index contributed by atoms with van der Waals surface area (Å²) in [6, 6.07) is 22.2. The Balaban J connectivity index is 1.60. The summed E-state index contributed by atoms with van der Waals surface area (Å²) in [6.45, 7) is 5.29. The molecule has 0 spiro atoms. The summed E-state index contributed by atoms with van der Waals surface area (Å²) < 4.78 is 17.1. The van der Waals surface area contributed by atoms with Gasteiger partial charge in [0.15, 0.2) is 0 Å². The van der Waals surface area contributed by atoms with Gasteiger partial charge in [0.1, 0.15) is 18.4 Å². The van der Waals surface area contributed by atoms with Crippen molar-refractivity contribution in [2.75, 3.05) is 26.9 Å². The van der Waals surface area contributed by atoms with E-state index in [-0.39, 0.29) is 17.9 Å². The summed E-state index contributed by atoms with van der Waals surface area (Å²) in [5, 5.41) is 3.21. The number of ether oxygens (including phenoxy) is 3. The maximum absolute atomic E-state index is 14.2. The van der Waals surface area contributed by atoms with Crippen LogP contribution in [-0.4, -0.2) is 55.9 Å². The highest BCUT2D eigenvalue weighted by Gasteiger charge is 2.42. The van der Waals surface area contributed by atoms with E-state index in [1.807, 2.05) is 86.7 Å². The van der Waals surface area contributed by atoms with Crippen LogP contribution in [0.5, 0.6) is 5.75 Å². The number of hydrogen-bond donors (Lipinski definition) is 1. The molecule has 6 rings (SSSR count). The smallest absolute Gasteiger partial charge is 0.410 e. The van der Waals surface area contributed by atoms with Crippen LogP contribution in [0, 0.1) is 5.92 Å². The van der Waals surface area contributed by atoms with Crippen LogP contribution >= 0.6 is 0 Å². The third-order valence-corrected chi connectivity index (χ3v) is 7.61. The summed E-state index contributed by atoms with van der Waals surface area (Å²) in [5.74, 6) is 0.595. The maximum Gasteiger partial charge on any atom is 0.410 e. The van der Waals surface area contributed by atoms with E-state index in [1.54, 1.807) is 4.90 Å². The van der Waals surface area contributed by atoms with Gasteiger partial charge in [-0.05, 0) is 51.9 Å². The third kappa shape index (κ3) is 5.75. The molecule has 2 atom stereocenters. The lowest BCUT2D eigenvalue weighted by Crippen LogP contribution is -2.55. The molecule has 7 heteroatoms. The Labute approximate surface area is 235 Å². The third-order valence-electron chi connectivity index (χ3n) is 7.61. The Morgan fingerprint density at radius 2 is 1.55 bits per heavy atom. The number of hydrogen-bond acceptors (Lipinski definition) is 5. The topological polar surface area (TPSA) is 77.1 Å². The zero-order valence-corrected chi connectivity index (χ0v) is 23.2. The standard InChI is InChI=1S/C33H36N2O5/c1-22(2)29-21-39-18-8-9-19-40-24-16-14-23(15-17-24)20-30(32(36)34-29)35(33(37)38-3)31-27-12-6-4-10-25(27)26-11-5-7-13-28(26)31/h4-17,22,29-31H,18-21H2,1-3H3,(H,34,36)/t29-,30-/m1/s1. The number of methoxy groups -OCH3 is 1. The minimum atomic E-state index is -0.850. The molecule has 0 unspecified atom stereocenters. The highest BCUT2D eigenvalue weighted by molar-refractivity contribution is 5.88. The van der Waals surface area contributed by atoms with Gasteiger partial charge < -0.3 is 19.5 Å². The molecule has 40 heavy (non-hydrogen) atoms. The van der Waals surface area contributed by atoms with E-state index in [0.29, 0.717) is 26.2 Å². The van der Waals surface area contributed by atoms with Crippen LogP contribution in [0.25, 0.3) is 11.1 Å². The minimum absolute atomic E-state index is 0.120. The van der Waals surface area contributed by atoms with Crippen LogP contribution < -0.4 is 10.1 Å². The lowest BCUT2D eigenvalue weighted by Gasteiger charge is -2.36. The molecule has 0 radical (unpaired) electrons. The van der Waals surface area contributed by atoms with Gasteiger partial charge in [-0.1, -0.05) is 80.6 Å². The largest absolute Gasteiger partial charge is 0.490 e.